The zero-order valence-corrected chi connectivity index (χ0v) is 10.9. The van der Waals surface area contributed by atoms with Crippen LogP contribution in [0.5, 0.6) is 0 Å². The number of H-pyrrole nitrogens is 1. The fourth-order valence-corrected chi connectivity index (χ4v) is 1.77. The van der Waals surface area contributed by atoms with Crippen molar-refractivity contribution < 1.29 is 4.79 Å². The van der Waals surface area contributed by atoms with Gasteiger partial charge >= 0.3 is 0 Å². The first-order chi connectivity index (χ1) is 7.98. The highest BCUT2D eigenvalue weighted by Gasteiger charge is 2.32. The molecule has 1 heterocycles. The Kier molecular flexibility index (Phi) is 3.48. The topological polar surface area (TPSA) is 32.9 Å². The molecule has 0 unspecified atom stereocenters. The minimum Gasteiger partial charge on any atom is -0.352 e. The highest BCUT2D eigenvalue weighted by atomic mass is 35.6. The molecule has 0 radical (unpaired) electrons. The van der Waals surface area contributed by atoms with E-state index < -0.39 is 9.58 Å². The number of alkyl halides is 3. The van der Waals surface area contributed by atoms with Crippen LogP contribution in [0.4, 0.5) is 0 Å². The van der Waals surface area contributed by atoms with Gasteiger partial charge in [-0.25, -0.2) is 0 Å². The molecule has 2 nitrogen and oxygen atoms in total. The van der Waals surface area contributed by atoms with Crippen molar-refractivity contribution in [2.24, 2.45) is 0 Å². The second-order valence-corrected chi connectivity index (χ2v) is 5.76. The Bertz CT molecular complexity index is 528. The first kappa shape index (κ1) is 12.5. The number of rotatable bonds is 2. The normalized spacial score (nSPS) is 11.5. The van der Waals surface area contributed by atoms with E-state index in [2.05, 4.69) is 4.98 Å². The summed E-state index contributed by atoms with van der Waals surface area (Å²) in [5.41, 5.74) is 2.06. The number of hydrogen-bond acceptors (Lipinski definition) is 1. The fraction of sp³-hybridized carbons (Fsp3) is 0.0833. The van der Waals surface area contributed by atoms with Crippen molar-refractivity contribution in [3.8, 4) is 11.3 Å². The molecule has 2 aromatic rings. The van der Waals surface area contributed by atoms with Crippen LogP contribution >= 0.6 is 34.8 Å². The standard InChI is InChI=1S/C12H8Cl3NO/c13-12(14,15)11(17)10-7-6-9(16-10)8-4-2-1-3-5-8/h1-7,16H. The molecule has 0 bridgehead atoms. The summed E-state index contributed by atoms with van der Waals surface area (Å²) in [5, 5.41) is 0. The number of aromatic amines is 1. The van der Waals surface area contributed by atoms with Crippen molar-refractivity contribution in [2.75, 3.05) is 0 Å². The van der Waals surface area contributed by atoms with Crippen LogP contribution in [0, 0.1) is 0 Å². The van der Waals surface area contributed by atoms with Crippen LogP contribution in [0.2, 0.25) is 0 Å². The maximum Gasteiger partial charge on any atom is 0.254 e. The van der Waals surface area contributed by atoms with Crippen LogP contribution in [0.15, 0.2) is 42.5 Å². The Morgan fingerprint density at radius 1 is 1.00 bits per heavy atom. The molecule has 0 aliphatic rings. The second kappa shape index (κ2) is 4.73. The smallest absolute Gasteiger partial charge is 0.254 e. The third kappa shape index (κ3) is 2.83. The lowest BCUT2D eigenvalue weighted by Gasteiger charge is -2.07. The predicted molar refractivity (Wildman–Crippen MR) is 70.8 cm³/mol. The molecule has 0 amide bonds. The summed E-state index contributed by atoms with van der Waals surface area (Å²) < 4.78 is -1.93. The fourth-order valence-electron chi connectivity index (χ4n) is 1.47. The number of benzene rings is 1. The highest BCUT2D eigenvalue weighted by Crippen LogP contribution is 2.31. The quantitative estimate of drug-likeness (QED) is 0.651. The first-order valence-electron chi connectivity index (χ1n) is 4.84. The molecule has 88 valence electrons. The van der Waals surface area contributed by atoms with Gasteiger partial charge in [0.15, 0.2) is 0 Å². The van der Waals surface area contributed by atoms with Crippen LogP contribution in [-0.2, 0) is 0 Å². The van der Waals surface area contributed by atoms with E-state index in [9.17, 15) is 4.79 Å². The molecule has 5 heteroatoms. The molecule has 2 rings (SSSR count). The van der Waals surface area contributed by atoms with Crippen molar-refractivity contribution in [3.05, 3.63) is 48.2 Å². The summed E-state index contributed by atoms with van der Waals surface area (Å²) in [6, 6.07) is 13.0. The van der Waals surface area contributed by atoms with Gasteiger partial charge in [-0.3, -0.25) is 4.79 Å². The Morgan fingerprint density at radius 2 is 1.65 bits per heavy atom. The van der Waals surface area contributed by atoms with Gasteiger partial charge in [0.25, 0.3) is 3.79 Å². The zero-order valence-electron chi connectivity index (χ0n) is 8.58. The summed E-state index contributed by atoms with van der Waals surface area (Å²) >= 11 is 16.6. The summed E-state index contributed by atoms with van der Waals surface area (Å²) in [7, 11) is 0. The molecular formula is C12H8Cl3NO. The molecule has 1 N–H and O–H groups in total. The largest absolute Gasteiger partial charge is 0.352 e. The van der Waals surface area contributed by atoms with Crippen molar-refractivity contribution >= 4 is 40.6 Å². The van der Waals surface area contributed by atoms with Crippen LogP contribution in [-0.4, -0.2) is 14.6 Å². The van der Waals surface area contributed by atoms with E-state index in [1.54, 1.807) is 12.1 Å². The molecule has 1 aromatic carbocycles. The number of aromatic nitrogens is 1. The minimum atomic E-state index is -1.93. The number of Topliss-reactive ketones (excluding diaryl/α,β-unsaturated/α-hetero) is 1. The molecule has 0 atom stereocenters. The lowest BCUT2D eigenvalue weighted by molar-refractivity contribution is 0.0992. The molecule has 1 aromatic heterocycles. The van der Waals surface area contributed by atoms with E-state index in [1.807, 2.05) is 30.3 Å². The molecule has 0 aliphatic carbocycles. The Labute approximate surface area is 113 Å². The van der Waals surface area contributed by atoms with Gasteiger partial charge in [0.05, 0.1) is 5.69 Å². The van der Waals surface area contributed by atoms with Crippen LogP contribution < -0.4 is 0 Å². The van der Waals surface area contributed by atoms with Gasteiger partial charge in [-0.1, -0.05) is 65.1 Å². The van der Waals surface area contributed by atoms with Crippen molar-refractivity contribution in [1.82, 2.24) is 4.98 Å². The van der Waals surface area contributed by atoms with E-state index in [-0.39, 0.29) is 5.69 Å². The number of carbonyl (C=O) groups is 1. The SMILES string of the molecule is O=C(c1ccc(-c2ccccc2)[nH]1)C(Cl)(Cl)Cl. The number of carbonyl (C=O) groups excluding carboxylic acids is 1. The molecule has 0 spiro atoms. The molecule has 0 fully saturated rings. The predicted octanol–water partition coefficient (Wildman–Crippen LogP) is 4.23. The van der Waals surface area contributed by atoms with E-state index in [1.165, 1.54) is 0 Å². The second-order valence-electron chi connectivity index (χ2n) is 3.48. The minimum absolute atomic E-state index is 0.281. The van der Waals surface area contributed by atoms with Crippen molar-refractivity contribution in [3.63, 3.8) is 0 Å². The first-order valence-corrected chi connectivity index (χ1v) is 5.98. The van der Waals surface area contributed by atoms with Gasteiger partial charge in [0.2, 0.25) is 5.78 Å². The summed E-state index contributed by atoms with van der Waals surface area (Å²) in [5.74, 6) is -0.565. The summed E-state index contributed by atoms with van der Waals surface area (Å²) in [4.78, 5) is 14.6. The van der Waals surface area contributed by atoms with Crippen molar-refractivity contribution in [2.45, 2.75) is 3.79 Å². The molecule has 0 saturated carbocycles. The monoisotopic (exact) mass is 287 g/mol. The number of hydrogen-bond donors (Lipinski definition) is 1. The maximum atomic E-state index is 11.7. The number of nitrogens with one attached hydrogen (secondary N) is 1. The Morgan fingerprint density at radius 3 is 2.24 bits per heavy atom. The molecule has 17 heavy (non-hydrogen) atoms. The summed E-state index contributed by atoms with van der Waals surface area (Å²) in [6.45, 7) is 0. The van der Waals surface area contributed by atoms with E-state index >= 15 is 0 Å². The average molecular weight is 289 g/mol. The third-order valence-corrected chi connectivity index (χ3v) is 2.79. The Balaban J connectivity index is 2.32. The van der Waals surface area contributed by atoms with Crippen LogP contribution in [0.25, 0.3) is 11.3 Å². The summed E-state index contributed by atoms with van der Waals surface area (Å²) in [6.07, 6.45) is 0. The number of halogens is 3. The maximum absolute atomic E-state index is 11.7. The van der Waals surface area contributed by atoms with Crippen LogP contribution in [0.3, 0.4) is 0 Å². The van der Waals surface area contributed by atoms with Gasteiger partial charge in [-0.2, -0.15) is 0 Å². The third-order valence-electron chi connectivity index (χ3n) is 2.27. The van der Waals surface area contributed by atoms with Crippen LogP contribution in [0.1, 0.15) is 10.5 Å². The van der Waals surface area contributed by atoms with E-state index in [0.29, 0.717) is 0 Å². The van der Waals surface area contributed by atoms with E-state index in [0.717, 1.165) is 11.3 Å². The number of ketones is 1. The molecule has 0 saturated heterocycles. The van der Waals surface area contributed by atoms with Gasteiger partial charge in [-0.05, 0) is 17.7 Å². The van der Waals surface area contributed by atoms with Gasteiger partial charge in [0, 0.05) is 5.69 Å². The molecule has 0 aliphatic heterocycles. The lowest BCUT2D eigenvalue weighted by atomic mass is 10.2. The van der Waals surface area contributed by atoms with Gasteiger partial charge in [-0.15, -0.1) is 0 Å². The lowest BCUT2D eigenvalue weighted by Crippen LogP contribution is -2.19. The molecular weight excluding hydrogens is 280 g/mol. The average Bonchev–Trinajstić information content (AvgIpc) is 2.77. The Hall–Kier alpha value is -0.960. The van der Waals surface area contributed by atoms with Gasteiger partial charge < -0.3 is 4.98 Å². The highest BCUT2D eigenvalue weighted by molar-refractivity contribution is 6.77. The zero-order chi connectivity index (χ0) is 12.5. The van der Waals surface area contributed by atoms with Crippen molar-refractivity contribution in [1.29, 1.82) is 0 Å². The van der Waals surface area contributed by atoms with E-state index in [4.69, 9.17) is 34.8 Å². The van der Waals surface area contributed by atoms with Gasteiger partial charge in [0.1, 0.15) is 0 Å².